The van der Waals surface area contributed by atoms with Crippen LogP contribution in [0.2, 0.25) is 0 Å². The number of nitrogens with zero attached hydrogens (tertiary/aromatic N) is 1. The molecule has 2 aromatic rings. The lowest BCUT2D eigenvalue weighted by molar-refractivity contribution is 0.304. The lowest BCUT2D eigenvalue weighted by Gasteiger charge is -2.09. The first-order chi connectivity index (χ1) is 10.2. The van der Waals surface area contributed by atoms with Crippen LogP contribution >= 0.6 is 0 Å². The van der Waals surface area contributed by atoms with Gasteiger partial charge >= 0.3 is 0 Å². The first-order valence-electron chi connectivity index (χ1n) is 6.55. The summed E-state index contributed by atoms with van der Waals surface area (Å²) in [6.45, 7) is 2.24. The van der Waals surface area contributed by atoms with E-state index in [4.69, 9.17) is 15.1 Å². The van der Waals surface area contributed by atoms with E-state index in [1.807, 2.05) is 37.3 Å². The number of aliphatic hydroxyl groups excluding tert-OH is 1. The van der Waals surface area contributed by atoms with E-state index in [0.717, 1.165) is 22.4 Å². The standard InChI is InChI=1S/C18H15NO2/c1-14-4-5-17(12-19)11-18(14)21-13-16-8-6-15(7-9-16)3-2-10-20/h4-9,11,20H,10,13H2,1H3. The Morgan fingerprint density at radius 2 is 1.81 bits per heavy atom. The van der Waals surface area contributed by atoms with Gasteiger partial charge in [-0.1, -0.05) is 30.0 Å². The number of hydrogen-bond acceptors (Lipinski definition) is 3. The maximum atomic E-state index is 8.90. The molecule has 21 heavy (non-hydrogen) atoms. The molecule has 2 rings (SSSR count). The molecule has 0 bridgehead atoms. The molecule has 0 fully saturated rings. The van der Waals surface area contributed by atoms with E-state index in [2.05, 4.69) is 17.9 Å². The van der Waals surface area contributed by atoms with Crippen molar-refractivity contribution in [3.63, 3.8) is 0 Å². The number of aliphatic hydroxyl groups is 1. The predicted molar refractivity (Wildman–Crippen MR) is 80.6 cm³/mol. The van der Waals surface area contributed by atoms with Crippen LogP contribution in [0.25, 0.3) is 0 Å². The van der Waals surface area contributed by atoms with Crippen molar-refractivity contribution < 1.29 is 9.84 Å². The summed E-state index contributed by atoms with van der Waals surface area (Å²) in [5, 5.41) is 17.5. The van der Waals surface area contributed by atoms with Gasteiger partial charge in [0.15, 0.2) is 0 Å². The van der Waals surface area contributed by atoms with Crippen LogP contribution in [0.3, 0.4) is 0 Å². The first-order valence-corrected chi connectivity index (χ1v) is 6.55. The van der Waals surface area contributed by atoms with Gasteiger partial charge in [0.25, 0.3) is 0 Å². The fraction of sp³-hybridized carbons (Fsp3) is 0.167. The zero-order valence-electron chi connectivity index (χ0n) is 11.8. The van der Waals surface area contributed by atoms with Crippen LogP contribution in [0.5, 0.6) is 5.75 Å². The third-order valence-corrected chi connectivity index (χ3v) is 2.98. The fourth-order valence-electron chi connectivity index (χ4n) is 1.81. The molecule has 0 saturated carbocycles. The highest BCUT2D eigenvalue weighted by atomic mass is 16.5. The van der Waals surface area contributed by atoms with Gasteiger partial charge in [0.1, 0.15) is 19.0 Å². The summed E-state index contributed by atoms with van der Waals surface area (Å²) in [7, 11) is 0. The van der Waals surface area contributed by atoms with Gasteiger partial charge < -0.3 is 9.84 Å². The van der Waals surface area contributed by atoms with E-state index in [9.17, 15) is 0 Å². The Balaban J connectivity index is 2.05. The summed E-state index contributed by atoms with van der Waals surface area (Å²) in [6.07, 6.45) is 0. The molecule has 0 atom stereocenters. The number of nitriles is 1. The quantitative estimate of drug-likeness (QED) is 0.878. The van der Waals surface area contributed by atoms with Crippen molar-refractivity contribution in [2.24, 2.45) is 0 Å². The minimum absolute atomic E-state index is 0.140. The van der Waals surface area contributed by atoms with Gasteiger partial charge in [-0.2, -0.15) is 5.26 Å². The average molecular weight is 277 g/mol. The van der Waals surface area contributed by atoms with Crippen LogP contribution in [0.1, 0.15) is 22.3 Å². The Morgan fingerprint density at radius 3 is 2.48 bits per heavy atom. The lowest BCUT2D eigenvalue weighted by Crippen LogP contribution is -1.97. The molecule has 0 aromatic heterocycles. The Hall–Kier alpha value is -2.75. The van der Waals surface area contributed by atoms with Gasteiger partial charge in [-0.25, -0.2) is 0 Å². The van der Waals surface area contributed by atoms with Crippen molar-refractivity contribution >= 4 is 0 Å². The van der Waals surface area contributed by atoms with E-state index in [0.29, 0.717) is 12.2 Å². The topological polar surface area (TPSA) is 53.2 Å². The van der Waals surface area contributed by atoms with Gasteiger partial charge in [0, 0.05) is 5.56 Å². The Labute approximate surface area is 124 Å². The summed E-state index contributed by atoms with van der Waals surface area (Å²) in [4.78, 5) is 0. The molecule has 104 valence electrons. The highest BCUT2D eigenvalue weighted by Crippen LogP contribution is 2.20. The third-order valence-electron chi connectivity index (χ3n) is 2.98. The van der Waals surface area contributed by atoms with Crippen LogP contribution in [-0.4, -0.2) is 11.7 Å². The predicted octanol–water partition coefficient (Wildman–Crippen LogP) is 2.79. The summed E-state index contributed by atoms with van der Waals surface area (Å²) < 4.78 is 5.76. The SMILES string of the molecule is Cc1ccc(C#N)cc1OCc1ccc(C#CCO)cc1. The number of ether oxygens (including phenoxy) is 1. The summed E-state index contributed by atoms with van der Waals surface area (Å²) >= 11 is 0. The van der Waals surface area contributed by atoms with E-state index in [-0.39, 0.29) is 6.61 Å². The van der Waals surface area contributed by atoms with Crippen molar-refractivity contribution in [1.29, 1.82) is 5.26 Å². The van der Waals surface area contributed by atoms with E-state index in [1.165, 1.54) is 0 Å². The molecule has 3 heteroatoms. The second-order valence-electron chi connectivity index (χ2n) is 4.54. The highest BCUT2D eigenvalue weighted by Gasteiger charge is 2.02. The molecule has 0 aliphatic heterocycles. The average Bonchev–Trinajstić information content (AvgIpc) is 2.53. The van der Waals surface area contributed by atoms with Gasteiger partial charge in [0.05, 0.1) is 11.6 Å². The van der Waals surface area contributed by atoms with Gasteiger partial charge in [-0.15, -0.1) is 0 Å². The molecule has 0 aliphatic carbocycles. The normalized spacial score (nSPS) is 9.38. The number of aryl methyl sites for hydroxylation is 1. The Morgan fingerprint density at radius 1 is 1.10 bits per heavy atom. The molecule has 0 saturated heterocycles. The molecule has 0 aliphatic rings. The van der Waals surface area contributed by atoms with Crippen molar-refractivity contribution in [1.82, 2.24) is 0 Å². The minimum atomic E-state index is -0.140. The van der Waals surface area contributed by atoms with Crippen molar-refractivity contribution in [2.45, 2.75) is 13.5 Å². The third kappa shape index (κ3) is 4.11. The maximum Gasteiger partial charge on any atom is 0.124 e. The number of hydrogen-bond donors (Lipinski definition) is 1. The fourth-order valence-corrected chi connectivity index (χ4v) is 1.81. The zero-order valence-corrected chi connectivity index (χ0v) is 11.8. The number of rotatable bonds is 3. The van der Waals surface area contributed by atoms with E-state index >= 15 is 0 Å². The molecule has 0 heterocycles. The van der Waals surface area contributed by atoms with Crippen LogP contribution < -0.4 is 4.74 Å². The summed E-state index contributed by atoms with van der Waals surface area (Å²) in [5.74, 6) is 6.17. The molecule has 0 amide bonds. The van der Waals surface area contributed by atoms with Crippen LogP contribution in [-0.2, 0) is 6.61 Å². The summed E-state index contributed by atoms with van der Waals surface area (Å²) in [5.41, 5.74) is 3.46. The van der Waals surface area contributed by atoms with Gasteiger partial charge in [0.2, 0.25) is 0 Å². The second kappa shape index (κ2) is 7.14. The smallest absolute Gasteiger partial charge is 0.124 e. The van der Waals surface area contributed by atoms with Crippen LogP contribution in [0.15, 0.2) is 42.5 Å². The highest BCUT2D eigenvalue weighted by molar-refractivity contribution is 5.42. The Kier molecular flexibility index (Phi) is 4.99. The molecule has 3 nitrogen and oxygen atoms in total. The van der Waals surface area contributed by atoms with E-state index in [1.54, 1.807) is 12.1 Å². The largest absolute Gasteiger partial charge is 0.489 e. The molecule has 0 unspecified atom stereocenters. The van der Waals surface area contributed by atoms with Crippen LogP contribution in [0, 0.1) is 30.1 Å². The van der Waals surface area contributed by atoms with Crippen molar-refractivity contribution in [3.05, 3.63) is 64.7 Å². The molecule has 1 N–H and O–H groups in total. The number of benzene rings is 2. The molecular formula is C18H15NO2. The molecular weight excluding hydrogens is 262 g/mol. The van der Waals surface area contributed by atoms with Crippen LogP contribution in [0.4, 0.5) is 0 Å². The van der Waals surface area contributed by atoms with Gasteiger partial charge in [-0.05, 0) is 42.3 Å². The molecule has 0 radical (unpaired) electrons. The minimum Gasteiger partial charge on any atom is -0.489 e. The van der Waals surface area contributed by atoms with Gasteiger partial charge in [-0.3, -0.25) is 0 Å². The monoisotopic (exact) mass is 277 g/mol. The lowest BCUT2D eigenvalue weighted by atomic mass is 10.1. The van der Waals surface area contributed by atoms with Crippen molar-refractivity contribution in [3.8, 4) is 23.7 Å². The van der Waals surface area contributed by atoms with Crippen molar-refractivity contribution in [2.75, 3.05) is 6.61 Å². The molecule has 2 aromatic carbocycles. The second-order valence-corrected chi connectivity index (χ2v) is 4.54. The molecule has 0 spiro atoms. The summed E-state index contributed by atoms with van der Waals surface area (Å²) in [6, 6.07) is 15.2. The zero-order chi connectivity index (χ0) is 15.1. The first kappa shape index (κ1) is 14.7. The van der Waals surface area contributed by atoms with E-state index < -0.39 is 0 Å². The Bertz CT molecular complexity index is 716. The maximum absolute atomic E-state index is 8.90.